The topological polar surface area (TPSA) is 139 Å². The normalized spacial score (nSPS) is 20.1. The van der Waals surface area contributed by atoms with Crippen LogP contribution < -0.4 is 20.7 Å². The molecular weight excluding hydrogens is 693 g/mol. The first-order valence-electron chi connectivity index (χ1n) is 15.7. The molecule has 0 unspecified atom stereocenters. The molecule has 1 saturated heterocycles. The van der Waals surface area contributed by atoms with Crippen LogP contribution in [-0.2, 0) is 24.5 Å². The molecule has 3 aromatic carbocycles. The minimum Gasteiger partial charge on any atom is -0.495 e. The van der Waals surface area contributed by atoms with E-state index in [9.17, 15) is 19.6 Å². The Morgan fingerprint density at radius 1 is 1.04 bits per heavy atom. The summed E-state index contributed by atoms with van der Waals surface area (Å²) in [4.78, 5) is 38.5. The van der Waals surface area contributed by atoms with Crippen molar-refractivity contribution in [3.05, 3.63) is 93.0 Å². The number of benzene rings is 3. The van der Waals surface area contributed by atoms with Gasteiger partial charge in [-0.05, 0) is 60.8 Å². The molecule has 10 nitrogen and oxygen atoms in total. The Labute approximate surface area is 299 Å². The number of ether oxygens (including phenoxy) is 3. The zero-order chi connectivity index (χ0) is 36.8. The average Bonchev–Trinajstić information content (AvgIpc) is 3.37. The van der Waals surface area contributed by atoms with E-state index < -0.39 is 58.3 Å². The molecule has 4 atom stereocenters. The number of carbonyl (C=O) groups is 3. The molecule has 266 valence electrons. The van der Waals surface area contributed by atoms with Crippen LogP contribution >= 0.6 is 23.2 Å². The number of nitrogens with zero attached hydrogens (tertiary/aromatic N) is 1. The first-order chi connectivity index (χ1) is 23.7. The quantitative estimate of drug-likeness (QED) is 0.148. The number of likely N-dealkylation sites (N-methyl/N-ethyl adjacent to an activating group) is 1. The van der Waals surface area contributed by atoms with Gasteiger partial charge in [0.2, 0.25) is 5.91 Å². The molecule has 1 fully saturated rings. The molecule has 0 spiro atoms. The van der Waals surface area contributed by atoms with Gasteiger partial charge < -0.3 is 30.2 Å². The number of anilines is 1. The predicted octanol–water partition coefficient (Wildman–Crippen LogP) is 6.16. The van der Waals surface area contributed by atoms with Crippen LogP contribution in [-0.4, -0.2) is 63.8 Å². The first kappa shape index (κ1) is 38.5. The van der Waals surface area contributed by atoms with Gasteiger partial charge in [-0.25, -0.2) is 13.6 Å². The molecule has 1 aliphatic heterocycles. The van der Waals surface area contributed by atoms with Crippen molar-refractivity contribution in [2.75, 3.05) is 39.2 Å². The van der Waals surface area contributed by atoms with Gasteiger partial charge >= 0.3 is 11.9 Å². The number of carbonyl (C=O) groups excluding carboxylic acids is 3. The summed E-state index contributed by atoms with van der Waals surface area (Å²) in [7, 11) is 2.93. The SMILES string of the molecule is CNCC(=O)OCCOC(=O)c1ccc(NC(=O)[C@@H]2N[C@@H](CC(C)(C)C)[C@](C#N)(c3ccc(Cl)cc3F)[C@H]2c2cccc(Cl)c2F)c(OC)c1. The van der Waals surface area contributed by atoms with Gasteiger partial charge in [-0.1, -0.05) is 62.2 Å². The highest BCUT2D eigenvalue weighted by Crippen LogP contribution is 2.53. The Hall–Kier alpha value is -4.28. The van der Waals surface area contributed by atoms with Crippen LogP contribution in [0, 0.1) is 28.4 Å². The summed E-state index contributed by atoms with van der Waals surface area (Å²) in [6, 6.07) is 12.5. The number of esters is 2. The van der Waals surface area contributed by atoms with Gasteiger partial charge in [0.05, 0.1) is 42.0 Å². The van der Waals surface area contributed by atoms with Crippen molar-refractivity contribution in [3.63, 3.8) is 0 Å². The third kappa shape index (κ3) is 8.36. The van der Waals surface area contributed by atoms with Crippen molar-refractivity contribution in [3.8, 4) is 11.8 Å². The number of nitriles is 1. The smallest absolute Gasteiger partial charge is 0.338 e. The van der Waals surface area contributed by atoms with Gasteiger partial charge in [-0.15, -0.1) is 0 Å². The van der Waals surface area contributed by atoms with E-state index in [-0.39, 0.29) is 57.9 Å². The van der Waals surface area contributed by atoms with Crippen LogP contribution in [0.15, 0.2) is 54.6 Å². The molecule has 1 amide bonds. The number of halogens is 4. The summed E-state index contributed by atoms with van der Waals surface area (Å²) in [6.45, 7) is 5.49. The molecule has 0 aromatic heterocycles. The Morgan fingerprint density at radius 3 is 2.40 bits per heavy atom. The van der Waals surface area contributed by atoms with Gasteiger partial charge in [-0.2, -0.15) is 5.26 Å². The lowest BCUT2D eigenvalue weighted by Crippen LogP contribution is -2.45. The molecule has 1 aliphatic rings. The Morgan fingerprint density at radius 2 is 1.76 bits per heavy atom. The van der Waals surface area contributed by atoms with Crippen LogP contribution in [0.5, 0.6) is 5.75 Å². The lowest BCUT2D eigenvalue weighted by Gasteiger charge is -2.37. The van der Waals surface area contributed by atoms with Crippen LogP contribution in [0.1, 0.15) is 54.6 Å². The Balaban J connectivity index is 1.73. The maximum Gasteiger partial charge on any atom is 0.338 e. The van der Waals surface area contributed by atoms with Crippen molar-refractivity contribution in [2.24, 2.45) is 5.41 Å². The van der Waals surface area contributed by atoms with E-state index in [0.29, 0.717) is 6.42 Å². The maximum atomic E-state index is 16.0. The maximum absolute atomic E-state index is 16.0. The molecule has 0 bridgehead atoms. The first-order valence-corrected chi connectivity index (χ1v) is 16.5. The van der Waals surface area contributed by atoms with Gasteiger partial charge in [-0.3, -0.25) is 9.59 Å². The summed E-state index contributed by atoms with van der Waals surface area (Å²) in [5.74, 6) is -4.73. The number of rotatable bonds is 12. The molecule has 0 saturated carbocycles. The number of hydrogen-bond donors (Lipinski definition) is 3. The highest BCUT2D eigenvalue weighted by molar-refractivity contribution is 6.31. The van der Waals surface area contributed by atoms with Crippen LogP contribution in [0.3, 0.4) is 0 Å². The lowest BCUT2D eigenvalue weighted by molar-refractivity contribution is -0.143. The minimum atomic E-state index is -1.81. The van der Waals surface area contributed by atoms with Crippen molar-refractivity contribution in [1.82, 2.24) is 10.6 Å². The predicted molar refractivity (Wildman–Crippen MR) is 184 cm³/mol. The fourth-order valence-corrected chi connectivity index (χ4v) is 6.60. The number of amides is 1. The molecule has 1 heterocycles. The summed E-state index contributed by atoms with van der Waals surface area (Å²) in [6.07, 6.45) is 0.292. The second-order valence-corrected chi connectivity index (χ2v) is 13.8. The second-order valence-electron chi connectivity index (χ2n) is 13.0. The highest BCUT2D eigenvalue weighted by atomic mass is 35.5. The van der Waals surface area contributed by atoms with Crippen LogP contribution in [0.2, 0.25) is 10.0 Å². The highest BCUT2D eigenvalue weighted by Gasteiger charge is 2.61. The zero-order valence-electron chi connectivity index (χ0n) is 28.2. The fraction of sp³-hybridized carbons (Fsp3) is 0.389. The van der Waals surface area contributed by atoms with E-state index in [4.69, 9.17) is 37.4 Å². The summed E-state index contributed by atoms with van der Waals surface area (Å²) >= 11 is 12.3. The Bertz CT molecular complexity index is 1800. The number of nitrogens with one attached hydrogen (secondary N) is 3. The zero-order valence-corrected chi connectivity index (χ0v) is 29.7. The van der Waals surface area contributed by atoms with E-state index in [0.717, 1.165) is 6.07 Å². The van der Waals surface area contributed by atoms with E-state index in [2.05, 4.69) is 22.0 Å². The van der Waals surface area contributed by atoms with Crippen molar-refractivity contribution < 1.29 is 37.4 Å². The largest absolute Gasteiger partial charge is 0.495 e. The summed E-state index contributed by atoms with van der Waals surface area (Å²) < 4.78 is 47.4. The molecule has 3 N–H and O–H groups in total. The molecule has 0 radical (unpaired) electrons. The van der Waals surface area contributed by atoms with Crippen LogP contribution in [0.25, 0.3) is 0 Å². The molecule has 0 aliphatic carbocycles. The van der Waals surface area contributed by atoms with Crippen LogP contribution in [0.4, 0.5) is 14.5 Å². The second kappa shape index (κ2) is 16.2. The molecular formula is C36H38Cl2F2N4O6. The monoisotopic (exact) mass is 730 g/mol. The van der Waals surface area contributed by atoms with E-state index in [1.807, 2.05) is 20.8 Å². The van der Waals surface area contributed by atoms with E-state index in [1.165, 1.54) is 55.6 Å². The number of methoxy groups -OCH3 is 1. The van der Waals surface area contributed by atoms with Gasteiger partial charge in [0.15, 0.2) is 0 Å². The third-order valence-corrected chi connectivity index (χ3v) is 8.85. The summed E-state index contributed by atoms with van der Waals surface area (Å²) in [5.41, 5.74) is -2.10. The van der Waals surface area contributed by atoms with Crippen molar-refractivity contribution in [2.45, 2.75) is 50.6 Å². The van der Waals surface area contributed by atoms with Gasteiger partial charge in [0, 0.05) is 22.5 Å². The molecule has 4 rings (SSSR count). The molecule has 14 heteroatoms. The van der Waals surface area contributed by atoms with Crippen molar-refractivity contribution >= 4 is 46.7 Å². The molecule has 3 aromatic rings. The minimum absolute atomic E-state index is 0.0102. The third-order valence-electron chi connectivity index (χ3n) is 8.33. The van der Waals surface area contributed by atoms with E-state index >= 15 is 8.78 Å². The van der Waals surface area contributed by atoms with Gasteiger partial charge in [0.1, 0.15) is 36.0 Å². The average molecular weight is 732 g/mol. The number of hydrogen-bond acceptors (Lipinski definition) is 9. The fourth-order valence-electron chi connectivity index (χ4n) is 6.26. The van der Waals surface area contributed by atoms with E-state index in [1.54, 1.807) is 7.05 Å². The molecule has 50 heavy (non-hydrogen) atoms. The Kier molecular flexibility index (Phi) is 12.5. The van der Waals surface area contributed by atoms with Crippen molar-refractivity contribution in [1.29, 1.82) is 5.26 Å². The van der Waals surface area contributed by atoms with Gasteiger partial charge in [0.25, 0.3) is 0 Å². The summed E-state index contributed by atoms with van der Waals surface area (Å²) in [5, 5.41) is 19.6. The standard InChI is InChI=1S/C36H38Cl2F2N4O6/c1-35(2,3)17-28-36(19-41,23-11-10-21(37)16-25(23)39)30(22-7-6-8-24(38)31(22)40)32(44-28)33(46)43-26-12-9-20(15-27(26)48-5)34(47)50-14-13-49-29(45)18-42-4/h6-12,15-16,28,30,32,42,44H,13-14,17-18H2,1-5H3,(H,43,46)/t28-,30-,32+,36-/m0/s1. The lowest BCUT2D eigenvalue weighted by atomic mass is 9.62.